The van der Waals surface area contributed by atoms with Crippen molar-refractivity contribution >= 4 is 70.0 Å². The van der Waals surface area contributed by atoms with E-state index in [1.54, 1.807) is 19.1 Å². The SMILES string of the molecule is Cc1ccc(C)c(C(=O)COC(=O)C(Cc2ccc(O)cc2)N2C(=O)c3c(Cl)c(Cl)c(Cl)c(Cl)c3C2=O)c1. The van der Waals surface area contributed by atoms with E-state index < -0.39 is 36.2 Å². The molecule has 1 unspecified atom stereocenters. The lowest BCUT2D eigenvalue weighted by Crippen LogP contribution is -2.47. The number of carbonyl (C=O) groups is 4. The van der Waals surface area contributed by atoms with E-state index in [9.17, 15) is 24.3 Å². The Balaban J connectivity index is 1.68. The van der Waals surface area contributed by atoms with Crippen LogP contribution >= 0.6 is 46.4 Å². The summed E-state index contributed by atoms with van der Waals surface area (Å²) in [6.45, 7) is 2.97. The number of benzene rings is 3. The van der Waals surface area contributed by atoms with Crippen LogP contribution in [-0.2, 0) is 16.0 Å². The number of ether oxygens (including phenoxy) is 1. The maximum Gasteiger partial charge on any atom is 0.330 e. The molecule has 11 heteroatoms. The lowest BCUT2D eigenvalue weighted by molar-refractivity contribution is -0.147. The average molecular weight is 595 g/mol. The van der Waals surface area contributed by atoms with Gasteiger partial charge in [-0.3, -0.25) is 19.3 Å². The highest BCUT2D eigenvalue weighted by Gasteiger charge is 2.47. The Hall–Kier alpha value is -3.10. The van der Waals surface area contributed by atoms with Crippen LogP contribution in [0.4, 0.5) is 0 Å². The summed E-state index contributed by atoms with van der Waals surface area (Å²) in [6, 6.07) is 9.62. The molecule has 1 atom stereocenters. The van der Waals surface area contributed by atoms with Crippen molar-refractivity contribution in [2.45, 2.75) is 26.3 Å². The highest BCUT2D eigenvalue weighted by Crippen LogP contribution is 2.45. The van der Waals surface area contributed by atoms with E-state index in [1.165, 1.54) is 24.3 Å². The molecule has 38 heavy (non-hydrogen) atoms. The highest BCUT2D eigenvalue weighted by molar-refractivity contribution is 6.55. The van der Waals surface area contributed by atoms with Crippen molar-refractivity contribution in [3.05, 3.63) is 95.9 Å². The van der Waals surface area contributed by atoms with Gasteiger partial charge in [0.2, 0.25) is 5.78 Å². The first kappa shape index (κ1) is 27.9. The molecule has 0 saturated carbocycles. The number of carbonyl (C=O) groups excluding carboxylic acids is 4. The van der Waals surface area contributed by atoms with E-state index in [2.05, 4.69) is 0 Å². The van der Waals surface area contributed by atoms with Crippen LogP contribution in [0.1, 0.15) is 47.8 Å². The Kier molecular flexibility index (Phi) is 8.04. The number of phenolic OH excluding ortho intramolecular Hbond substituents is 1. The molecule has 0 fully saturated rings. The number of imide groups is 1. The average Bonchev–Trinajstić information content (AvgIpc) is 3.15. The Morgan fingerprint density at radius 1 is 0.868 bits per heavy atom. The quantitative estimate of drug-likeness (QED) is 0.114. The molecule has 4 rings (SSSR count). The minimum absolute atomic E-state index is 0.0180. The first-order valence-corrected chi connectivity index (χ1v) is 12.7. The van der Waals surface area contributed by atoms with Crippen LogP contribution in [0.25, 0.3) is 0 Å². The van der Waals surface area contributed by atoms with E-state index in [-0.39, 0.29) is 43.4 Å². The molecule has 0 spiro atoms. The number of halogens is 4. The molecular weight excluding hydrogens is 576 g/mol. The number of hydrogen-bond donors (Lipinski definition) is 1. The van der Waals surface area contributed by atoms with Gasteiger partial charge >= 0.3 is 5.97 Å². The Morgan fingerprint density at radius 2 is 1.42 bits per heavy atom. The van der Waals surface area contributed by atoms with Gasteiger partial charge in [-0.25, -0.2) is 4.79 Å². The van der Waals surface area contributed by atoms with Gasteiger partial charge in [0.25, 0.3) is 11.8 Å². The number of fused-ring (bicyclic) bond motifs is 1. The highest BCUT2D eigenvalue weighted by atomic mass is 35.5. The molecule has 0 saturated heterocycles. The number of aromatic hydroxyl groups is 1. The summed E-state index contributed by atoms with van der Waals surface area (Å²) < 4.78 is 5.32. The van der Waals surface area contributed by atoms with E-state index >= 15 is 0 Å². The summed E-state index contributed by atoms with van der Waals surface area (Å²) in [7, 11) is 0. The molecule has 0 radical (unpaired) electrons. The molecule has 1 heterocycles. The maximum atomic E-state index is 13.4. The van der Waals surface area contributed by atoms with Crippen LogP contribution in [-0.4, -0.2) is 46.2 Å². The zero-order chi connectivity index (χ0) is 27.9. The third-order valence-corrected chi connectivity index (χ3v) is 7.92. The van der Waals surface area contributed by atoms with Crippen LogP contribution in [0.3, 0.4) is 0 Å². The van der Waals surface area contributed by atoms with Crippen molar-refractivity contribution in [2.75, 3.05) is 6.61 Å². The van der Waals surface area contributed by atoms with Crippen molar-refractivity contribution in [1.82, 2.24) is 4.90 Å². The summed E-state index contributed by atoms with van der Waals surface area (Å²) in [5.74, 6) is -3.31. The first-order chi connectivity index (χ1) is 17.9. The number of rotatable bonds is 7. The van der Waals surface area contributed by atoms with Crippen LogP contribution in [0, 0.1) is 13.8 Å². The smallest absolute Gasteiger partial charge is 0.330 e. The third-order valence-electron chi connectivity index (χ3n) is 6.12. The van der Waals surface area contributed by atoms with Crippen molar-refractivity contribution in [3.63, 3.8) is 0 Å². The predicted octanol–water partition coefficient (Wildman–Crippen LogP) is 6.26. The molecule has 196 valence electrons. The van der Waals surface area contributed by atoms with Crippen LogP contribution in [0.2, 0.25) is 20.1 Å². The second-order valence-corrected chi connectivity index (χ2v) is 10.2. The molecule has 2 amide bonds. The second kappa shape index (κ2) is 10.9. The molecular formula is C27H19Cl4NO6. The minimum Gasteiger partial charge on any atom is -0.508 e. The van der Waals surface area contributed by atoms with Crippen molar-refractivity contribution in [3.8, 4) is 5.75 Å². The monoisotopic (exact) mass is 593 g/mol. The number of phenols is 1. The second-order valence-electron chi connectivity index (χ2n) is 8.72. The molecule has 0 aliphatic carbocycles. The van der Waals surface area contributed by atoms with E-state index in [0.717, 1.165) is 5.56 Å². The van der Waals surface area contributed by atoms with Crippen LogP contribution in [0.15, 0.2) is 42.5 Å². The van der Waals surface area contributed by atoms with E-state index in [0.29, 0.717) is 21.6 Å². The Morgan fingerprint density at radius 3 is 1.97 bits per heavy atom. The number of hydrogen-bond acceptors (Lipinski definition) is 6. The summed E-state index contributed by atoms with van der Waals surface area (Å²) in [6.07, 6.45) is -0.182. The summed E-state index contributed by atoms with van der Waals surface area (Å²) in [5, 5.41) is 8.64. The molecule has 0 bridgehead atoms. The Labute approximate surface area is 237 Å². The molecule has 1 N–H and O–H groups in total. The topological polar surface area (TPSA) is 101 Å². The minimum atomic E-state index is -1.50. The van der Waals surface area contributed by atoms with Gasteiger partial charge in [-0.05, 0) is 43.2 Å². The standard InChI is InChI=1S/C27H19Cl4NO6/c1-12-3-4-13(2)16(9-12)18(34)11-38-27(37)17(10-14-5-7-15(33)8-6-14)32-25(35)19-20(26(32)36)22(29)24(31)23(30)21(19)28/h3-9,17,33H,10-11H2,1-2H3. The van der Waals surface area contributed by atoms with Gasteiger partial charge in [0.05, 0.1) is 31.2 Å². The summed E-state index contributed by atoms with van der Waals surface area (Å²) >= 11 is 24.7. The maximum absolute atomic E-state index is 13.4. The van der Waals surface area contributed by atoms with Crippen molar-refractivity contribution in [1.29, 1.82) is 0 Å². The first-order valence-electron chi connectivity index (χ1n) is 11.2. The summed E-state index contributed by atoms with van der Waals surface area (Å²) in [4.78, 5) is 53.7. The van der Waals surface area contributed by atoms with Gasteiger partial charge in [-0.2, -0.15) is 0 Å². The molecule has 3 aromatic carbocycles. The molecule has 3 aromatic rings. The number of amides is 2. The number of ketones is 1. The number of aryl methyl sites for hydroxylation is 2. The van der Waals surface area contributed by atoms with Crippen molar-refractivity contribution in [2.24, 2.45) is 0 Å². The zero-order valence-electron chi connectivity index (χ0n) is 20.0. The fourth-order valence-corrected chi connectivity index (χ4v) is 5.15. The molecule has 7 nitrogen and oxygen atoms in total. The lowest BCUT2D eigenvalue weighted by atomic mass is 10.0. The van der Waals surface area contributed by atoms with Crippen LogP contribution in [0.5, 0.6) is 5.75 Å². The zero-order valence-corrected chi connectivity index (χ0v) is 23.0. The number of nitrogens with zero attached hydrogens (tertiary/aromatic N) is 1. The summed E-state index contributed by atoms with van der Waals surface area (Å²) in [5.41, 5.74) is 1.87. The lowest BCUT2D eigenvalue weighted by Gasteiger charge is -2.25. The fourth-order valence-electron chi connectivity index (χ4n) is 4.13. The van der Waals surface area contributed by atoms with Gasteiger partial charge in [0.1, 0.15) is 11.8 Å². The molecule has 1 aliphatic heterocycles. The van der Waals surface area contributed by atoms with Gasteiger partial charge < -0.3 is 9.84 Å². The fraction of sp³-hybridized carbons (Fsp3) is 0.185. The third kappa shape index (κ3) is 5.12. The largest absolute Gasteiger partial charge is 0.508 e. The van der Waals surface area contributed by atoms with Gasteiger partial charge in [0, 0.05) is 12.0 Å². The normalized spacial score (nSPS) is 13.5. The van der Waals surface area contributed by atoms with Gasteiger partial charge in [0.15, 0.2) is 6.61 Å². The van der Waals surface area contributed by atoms with Gasteiger partial charge in [-0.1, -0.05) is 76.2 Å². The van der Waals surface area contributed by atoms with E-state index in [1.807, 2.05) is 13.0 Å². The van der Waals surface area contributed by atoms with Crippen molar-refractivity contribution < 1.29 is 29.0 Å². The molecule has 0 aromatic heterocycles. The molecule has 1 aliphatic rings. The van der Waals surface area contributed by atoms with Crippen LogP contribution < -0.4 is 0 Å². The van der Waals surface area contributed by atoms with E-state index in [4.69, 9.17) is 51.1 Å². The van der Waals surface area contributed by atoms with Gasteiger partial charge in [-0.15, -0.1) is 0 Å². The Bertz CT molecular complexity index is 1460. The predicted molar refractivity (Wildman–Crippen MR) is 144 cm³/mol. The number of esters is 1. The number of Topliss-reactive ketones (excluding diaryl/α,β-unsaturated/α-hetero) is 1.